The monoisotopic (exact) mass is 494 g/mol. The number of halogens is 2. The van der Waals surface area contributed by atoms with Gasteiger partial charge in [-0.3, -0.25) is 9.69 Å². The van der Waals surface area contributed by atoms with E-state index in [9.17, 15) is 13.6 Å². The average molecular weight is 495 g/mol. The number of aliphatic imine (C=N–C) groups is 1. The van der Waals surface area contributed by atoms with E-state index in [2.05, 4.69) is 19.9 Å². The van der Waals surface area contributed by atoms with Crippen LogP contribution >= 0.6 is 11.3 Å². The van der Waals surface area contributed by atoms with Gasteiger partial charge in [0.25, 0.3) is 17.0 Å². The molecular weight excluding hydrogens is 462 g/mol. The second-order valence-corrected chi connectivity index (χ2v) is 10.5. The predicted molar refractivity (Wildman–Crippen MR) is 126 cm³/mol. The largest absolute Gasteiger partial charge is 0.464 e. The van der Waals surface area contributed by atoms with Gasteiger partial charge in [0.1, 0.15) is 5.76 Å². The van der Waals surface area contributed by atoms with E-state index in [1.165, 1.54) is 11.3 Å². The van der Waals surface area contributed by atoms with E-state index in [-0.39, 0.29) is 12.3 Å². The van der Waals surface area contributed by atoms with Gasteiger partial charge in [0.2, 0.25) is 0 Å². The Morgan fingerprint density at radius 2 is 2.18 bits per heavy atom. The Hall–Kier alpha value is -2.20. The van der Waals surface area contributed by atoms with Gasteiger partial charge in [0.05, 0.1) is 18.3 Å². The van der Waals surface area contributed by atoms with Crippen LogP contribution in [0.15, 0.2) is 15.6 Å². The van der Waals surface area contributed by atoms with Crippen LogP contribution < -0.4 is 4.74 Å². The molecular formula is C24H32F2N4O3S. The highest BCUT2D eigenvalue weighted by atomic mass is 32.1. The van der Waals surface area contributed by atoms with E-state index < -0.39 is 12.5 Å². The number of thiazole rings is 1. The number of nitrogens with zero attached hydrogens (tertiary/aromatic N) is 4. The number of aryl methyl sites for hydroxylation is 1. The van der Waals surface area contributed by atoms with Gasteiger partial charge >= 0.3 is 0 Å². The Bertz CT molecular complexity index is 993. The summed E-state index contributed by atoms with van der Waals surface area (Å²) in [5, 5.41) is 0.350. The lowest BCUT2D eigenvalue weighted by atomic mass is 9.81. The molecule has 0 unspecified atom stereocenters. The Labute approximate surface area is 202 Å². The van der Waals surface area contributed by atoms with Crippen molar-refractivity contribution in [2.45, 2.75) is 71.3 Å². The van der Waals surface area contributed by atoms with Gasteiger partial charge in [0, 0.05) is 38.0 Å². The van der Waals surface area contributed by atoms with Crippen molar-refractivity contribution in [1.82, 2.24) is 14.9 Å². The summed E-state index contributed by atoms with van der Waals surface area (Å²) in [5.41, 5.74) is 0.968. The Kier molecular flexibility index (Phi) is 8.08. The molecule has 1 fully saturated rings. The third kappa shape index (κ3) is 7.40. The molecule has 0 aromatic carbocycles. The standard InChI is InChI=1S/C24H32F2N4O3S/c1-16-27-13-19(33-16)11-22(31)28-12-18-5-3-17(4-6-18)7-9-30-10-8-21-20(14-30)29-23(34-21)32-15-24(2,25)26/h12-13,17-18H,3-11,14-15H2,1-2H3. The summed E-state index contributed by atoms with van der Waals surface area (Å²) in [6.45, 7) is 4.70. The first-order valence-corrected chi connectivity index (χ1v) is 12.7. The van der Waals surface area contributed by atoms with E-state index in [0.29, 0.717) is 28.7 Å². The number of carbonyl (C=O) groups is 1. The van der Waals surface area contributed by atoms with Crippen LogP contribution in [-0.4, -0.2) is 52.6 Å². The molecule has 10 heteroatoms. The molecule has 1 aliphatic carbocycles. The summed E-state index contributed by atoms with van der Waals surface area (Å²) in [6, 6.07) is 0. The highest BCUT2D eigenvalue weighted by Crippen LogP contribution is 2.33. The smallest absolute Gasteiger partial charge is 0.278 e. The summed E-state index contributed by atoms with van der Waals surface area (Å²) in [6.07, 6.45) is 9.99. The summed E-state index contributed by atoms with van der Waals surface area (Å²) in [5.74, 6) is -0.896. The second kappa shape index (κ2) is 11.0. The summed E-state index contributed by atoms with van der Waals surface area (Å²) >= 11 is 1.39. The minimum absolute atomic E-state index is 0.155. The number of rotatable bonds is 9. The van der Waals surface area contributed by atoms with Gasteiger partial charge < -0.3 is 9.15 Å². The van der Waals surface area contributed by atoms with Crippen LogP contribution in [0.25, 0.3) is 0 Å². The van der Waals surface area contributed by atoms with Gasteiger partial charge in [0.15, 0.2) is 12.5 Å². The van der Waals surface area contributed by atoms with E-state index in [1.807, 2.05) is 6.21 Å². The Morgan fingerprint density at radius 1 is 1.38 bits per heavy atom. The van der Waals surface area contributed by atoms with Crippen molar-refractivity contribution in [2.75, 3.05) is 19.7 Å². The number of hydrogen-bond donors (Lipinski definition) is 0. The summed E-state index contributed by atoms with van der Waals surface area (Å²) < 4.78 is 36.6. The molecule has 2 aromatic heterocycles. The molecule has 2 aliphatic rings. The lowest BCUT2D eigenvalue weighted by Gasteiger charge is -2.30. The molecule has 0 N–H and O–H groups in total. The van der Waals surface area contributed by atoms with E-state index >= 15 is 0 Å². The van der Waals surface area contributed by atoms with Crippen LogP contribution in [0.2, 0.25) is 0 Å². The van der Waals surface area contributed by atoms with E-state index in [0.717, 1.165) is 75.7 Å². The van der Waals surface area contributed by atoms with Crippen molar-refractivity contribution in [3.63, 3.8) is 0 Å². The van der Waals surface area contributed by atoms with Crippen LogP contribution in [0.3, 0.4) is 0 Å². The normalized spacial score (nSPS) is 21.6. The molecule has 0 radical (unpaired) electrons. The van der Waals surface area contributed by atoms with Crippen LogP contribution in [-0.2, 0) is 24.2 Å². The second-order valence-electron chi connectivity index (χ2n) is 9.50. The Morgan fingerprint density at radius 3 is 2.88 bits per heavy atom. The van der Waals surface area contributed by atoms with Crippen molar-refractivity contribution < 1.29 is 22.7 Å². The molecule has 4 rings (SSSR count). The van der Waals surface area contributed by atoms with Gasteiger partial charge in [-0.25, -0.2) is 23.7 Å². The van der Waals surface area contributed by atoms with Gasteiger partial charge in [-0.05, 0) is 56.9 Å². The van der Waals surface area contributed by atoms with Crippen molar-refractivity contribution in [3.05, 3.63) is 28.4 Å². The highest BCUT2D eigenvalue weighted by molar-refractivity contribution is 7.13. The molecule has 186 valence electrons. The third-order valence-corrected chi connectivity index (χ3v) is 7.48. The van der Waals surface area contributed by atoms with Gasteiger partial charge in [-0.15, -0.1) is 0 Å². The first kappa shape index (κ1) is 24.9. The predicted octanol–water partition coefficient (Wildman–Crippen LogP) is 4.87. The van der Waals surface area contributed by atoms with Crippen molar-refractivity contribution in [2.24, 2.45) is 16.8 Å². The minimum atomic E-state index is -2.85. The quantitative estimate of drug-likeness (QED) is 0.463. The van der Waals surface area contributed by atoms with Crippen LogP contribution in [0, 0.1) is 18.8 Å². The number of ether oxygens (including phenoxy) is 1. The van der Waals surface area contributed by atoms with Crippen LogP contribution in [0.4, 0.5) is 8.78 Å². The fraction of sp³-hybridized carbons (Fsp3) is 0.667. The maximum atomic E-state index is 13.0. The SMILES string of the molecule is Cc1ncc(CC(=O)N=CC2CCC(CCN3CCc4sc(OCC(C)(F)F)nc4C3)CC2)o1. The lowest BCUT2D eigenvalue weighted by Crippen LogP contribution is -2.32. The van der Waals surface area contributed by atoms with Gasteiger partial charge in [-0.1, -0.05) is 11.3 Å². The first-order chi connectivity index (χ1) is 16.2. The number of fused-ring (bicyclic) bond motifs is 1. The molecule has 3 heterocycles. The summed E-state index contributed by atoms with van der Waals surface area (Å²) in [7, 11) is 0. The zero-order valence-corrected chi connectivity index (χ0v) is 20.6. The maximum absolute atomic E-state index is 13.0. The number of oxazole rings is 1. The molecule has 0 spiro atoms. The molecule has 1 amide bonds. The maximum Gasteiger partial charge on any atom is 0.278 e. The Balaban J connectivity index is 1.15. The number of hydrogen-bond acceptors (Lipinski definition) is 7. The number of aromatic nitrogens is 2. The van der Waals surface area contributed by atoms with Gasteiger partial charge in [-0.2, -0.15) is 0 Å². The summed E-state index contributed by atoms with van der Waals surface area (Å²) in [4.78, 5) is 28.2. The third-order valence-electron chi connectivity index (χ3n) is 6.41. The minimum Gasteiger partial charge on any atom is -0.464 e. The number of amides is 1. The molecule has 0 saturated heterocycles. The van der Waals surface area contributed by atoms with Crippen molar-refractivity contribution >= 4 is 23.5 Å². The topological polar surface area (TPSA) is 80.8 Å². The average Bonchev–Trinajstić information content (AvgIpc) is 3.40. The van der Waals surface area contributed by atoms with Crippen molar-refractivity contribution in [1.29, 1.82) is 0 Å². The first-order valence-electron chi connectivity index (χ1n) is 11.9. The highest BCUT2D eigenvalue weighted by Gasteiger charge is 2.26. The van der Waals surface area contributed by atoms with E-state index in [1.54, 1.807) is 13.1 Å². The zero-order chi connectivity index (χ0) is 24.1. The molecule has 1 aliphatic heterocycles. The fourth-order valence-corrected chi connectivity index (χ4v) is 5.44. The molecule has 0 bridgehead atoms. The molecule has 7 nitrogen and oxygen atoms in total. The molecule has 0 atom stereocenters. The van der Waals surface area contributed by atoms with Crippen LogP contribution in [0.1, 0.15) is 61.2 Å². The lowest BCUT2D eigenvalue weighted by molar-refractivity contribution is -0.117. The fourth-order valence-electron chi connectivity index (χ4n) is 4.53. The van der Waals surface area contributed by atoms with Crippen molar-refractivity contribution in [3.8, 4) is 5.19 Å². The molecule has 2 aromatic rings. The van der Waals surface area contributed by atoms with Crippen LogP contribution in [0.5, 0.6) is 5.19 Å². The number of carbonyl (C=O) groups excluding carboxylic acids is 1. The molecule has 1 saturated carbocycles. The zero-order valence-electron chi connectivity index (χ0n) is 19.8. The molecule has 34 heavy (non-hydrogen) atoms. The van der Waals surface area contributed by atoms with E-state index in [4.69, 9.17) is 9.15 Å². The number of alkyl halides is 2.